The van der Waals surface area contributed by atoms with Gasteiger partial charge in [-0.2, -0.15) is 0 Å². The molecule has 1 aliphatic rings. The fourth-order valence-corrected chi connectivity index (χ4v) is 2.86. The lowest BCUT2D eigenvalue weighted by molar-refractivity contribution is -0.132. The molecule has 0 bridgehead atoms. The van der Waals surface area contributed by atoms with Crippen LogP contribution in [0.5, 0.6) is 0 Å². The highest BCUT2D eigenvalue weighted by Gasteiger charge is 2.25. The number of aromatic nitrogens is 1. The average Bonchev–Trinajstić information content (AvgIpc) is 3.03. The minimum Gasteiger partial charge on any atom is -0.351 e. The van der Waals surface area contributed by atoms with Gasteiger partial charge in [0, 0.05) is 49.9 Å². The number of nitrogens with zero attached hydrogens (tertiary/aromatic N) is 2. The van der Waals surface area contributed by atoms with Gasteiger partial charge in [0.25, 0.3) is 5.91 Å². The largest absolute Gasteiger partial charge is 0.351 e. The lowest BCUT2D eigenvalue weighted by Gasteiger charge is -2.34. The molecule has 0 saturated carbocycles. The van der Waals surface area contributed by atoms with E-state index in [0.717, 1.165) is 10.9 Å². The van der Waals surface area contributed by atoms with E-state index in [9.17, 15) is 9.59 Å². The second kappa shape index (κ2) is 6.57. The number of carbonyl (C=O) groups excluding carboxylic acids is 2. The highest BCUT2D eigenvalue weighted by molar-refractivity contribution is 5.98. The number of carbonyl (C=O) groups is 2. The van der Waals surface area contributed by atoms with Crippen molar-refractivity contribution in [3.63, 3.8) is 0 Å². The number of nitrogens with one attached hydrogen (secondary N) is 1. The van der Waals surface area contributed by atoms with Crippen LogP contribution in [0, 0.1) is 12.3 Å². The van der Waals surface area contributed by atoms with Gasteiger partial charge in [0.1, 0.15) is 5.69 Å². The Kier molecular flexibility index (Phi) is 4.33. The number of rotatable bonds is 3. The number of hydrogen-bond acceptors (Lipinski definition) is 2. The van der Waals surface area contributed by atoms with Crippen molar-refractivity contribution in [2.75, 3.05) is 26.2 Å². The summed E-state index contributed by atoms with van der Waals surface area (Å²) in [5, 5.41) is 1.03. The molecule has 0 radical (unpaired) electrons. The third-order valence-electron chi connectivity index (χ3n) is 4.16. The second-order valence-electron chi connectivity index (χ2n) is 5.65. The summed E-state index contributed by atoms with van der Waals surface area (Å²) in [4.78, 5) is 31.3. The van der Waals surface area contributed by atoms with E-state index in [2.05, 4.69) is 10.9 Å². The molecule has 1 fully saturated rings. The predicted octanol–water partition coefficient (Wildman–Crippen LogP) is 1.87. The van der Waals surface area contributed by atoms with Gasteiger partial charge in [0.15, 0.2) is 0 Å². The Balaban J connectivity index is 1.62. The number of hydrogen-bond donors (Lipinski definition) is 1. The Labute approximate surface area is 135 Å². The third-order valence-corrected chi connectivity index (χ3v) is 4.16. The van der Waals surface area contributed by atoms with Gasteiger partial charge >= 0.3 is 0 Å². The van der Waals surface area contributed by atoms with Gasteiger partial charge in [0.05, 0.1) is 0 Å². The Hall–Kier alpha value is -2.74. The number of fused-ring (bicyclic) bond motifs is 1. The molecule has 1 saturated heterocycles. The monoisotopic (exact) mass is 309 g/mol. The van der Waals surface area contributed by atoms with Gasteiger partial charge in [0.2, 0.25) is 5.91 Å². The van der Waals surface area contributed by atoms with E-state index < -0.39 is 0 Å². The van der Waals surface area contributed by atoms with Crippen molar-refractivity contribution in [3.8, 4) is 12.3 Å². The molecule has 1 aromatic carbocycles. The molecule has 0 unspecified atom stereocenters. The summed E-state index contributed by atoms with van der Waals surface area (Å²) >= 11 is 0. The van der Waals surface area contributed by atoms with Gasteiger partial charge in [-0.05, 0) is 12.1 Å². The van der Waals surface area contributed by atoms with Gasteiger partial charge in [-0.3, -0.25) is 9.59 Å². The zero-order valence-corrected chi connectivity index (χ0v) is 12.9. The third kappa shape index (κ3) is 3.21. The normalized spacial score (nSPS) is 14.7. The lowest BCUT2D eigenvalue weighted by Crippen LogP contribution is -2.50. The van der Waals surface area contributed by atoms with E-state index in [4.69, 9.17) is 6.42 Å². The molecule has 0 spiro atoms. The van der Waals surface area contributed by atoms with E-state index in [0.29, 0.717) is 44.7 Å². The van der Waals surface area contributed by atoms with E-state index in [-0.39, 0.29) is 11.8 Å². The van der Waals surface area contributed by atoms with Gasteiger partial charge in [-0.15, -0.1) is 12.3 Å². The summed E-state index contributed by atoms with van der Waals surface area (Å²) in [6.07, 6.45) is 6.03. The van der Waals surface area contributed by atoms with Crippen LogP contribution in [0.1, 0.15) is 23.3 Å². The minimum absolute atomic E-state index is 0.0167. The number of piperazine rings is 1. The molecule has 5 heteroatoms. The van der Waals surface area contributed by atoms with Crippen molar-refractivity contribution in [3.05, 3.63) is 36.0 Å². The second-order valence-corrected chi connectivity index (χ2v) is 5.65. The van der Waals surface area contributed by atoms with Crippen LogP contribution in [0.3, 0.4) is 0 Å². The summed E-state index contributed by atoms with van der Waals surface area (Å²) in [5.41, 5.74) is 1.55. The molecule has 2 aromatic rings. The lowest BCUT2D eigenvalue weighted by atomic mass is 10.2. The first-order chi connectivity index (χ1) is 11.2. The maximum absolute atomic E-state index is 12.6. The van der Waals surface area contributed by atoms with Crippen molar-refractivity contribution in [1.29, 1.82) is 0 Å². The van der Waals surface area contributed by atoms with Crippen LogP contribution < -0.4 is 0 Å². The van der Waals surface area contributed by atoms with Crippen LogP contribution >= 0.6 is 0 Å². The Bertz CT molecular complexity index is 731. The van der Waals surface area contributed by atoms with Crippen LogP contribution in [0.4, 0.5) is 0 Å². The molecule has 2 amide bonds. The first-order valence-electron chi connectivity index (χ1n) is 7.77. The van der Waals surface area contributed by atoms with Crippen LogP contribution in [-0.2, 0) is 4.79 Å². The number of terminal acetylenes is 1. The molecular formula is C18H19N3O2. The maximum atomic E-state index is 12.6. The molecule has 1 N–H and O–H groups in total. The van der Waals surface area contributed by atoms with Crippen LogP contribution in [0.2, 0.25) is 0 Å². The number of H-pyrrole nitrogens is 1. The summed E-state index contributed by atoms with van der Waals surface area (Å²) in [6.45, 7) is 2.23. The van der Waals surface area contributed by atoms with Crippen LogP contribution in [-0.4, -0.2) is 52.8 Å². The van der Waals surface area contributed by atoms with Gasteiger partial charge < -0.3 is 14.8 Å². The SMILES string of the molecule is C#CCCC(=O)N1CCN(C(=O)c2cc3ccccc3[nH]2)CC1. The first kappa shape index (κ1) is 15.2. The Morgan fingerprint density at radius 3 is 2.52 bits per heavy atom. The smallest absolute Gasteiger partial charge is 0.270 e. The first-order valence-corrected chi connectivity index (χ1v) is 7.77. The number of benzene rings is 1. The molecular weight excluding hydrogens is 290 g/mol. The van der Waals surface area contributed by atoms with Crippen LogP contribution in [0.25, 0.3) is 10.9 Å². The van der Waals surface area contributed by atoms with Crippen LogP contribution in [0.15, 0.2) is 30.3 Å². The molecule has 0 atom stereocenters. The standard InChI is InChI=1S/C18H19N3O2/c1-2-3-8-17(22)20-9-11-21(12-10-20)18(23)16-13-14-6-4-5-7-15(14)19-16/h1,4-7,13,19H,3,8-12H2. The van der Waals surface area contributed by atoms with E-state index in [1.807, 2.05) is 30.3 Å². The predicted molar refractivity (Wildman–Crippen MR) is 88.8 cm³/mol. The molecule has 5 nitrogen and oxygen atoms in total. The number of amides is 2. The molecule has 1 aromatic heterocycles. The van der Waals surface area contributed by atoms with Gasteiger partial charge in [-0.25, -0.2) is 0 Å². The minimum atomic E-state index is -0.0167. The van der Waals surface area contributed by atoms with E-state index in [1.54, 1.807) is 9.80 Å². The van der Waals surface area contributed by atoms with Gasteiger partial charge in [-0.1, -0.05) is 18.2 Å². The quantitative estimate of drug-likeness (QED) is 0.880. The molecule has 3 rings (SSSR count). The zero-order chi connectivity index (χ0) is 16.2. The molecule has 1 aliphatic heterocycles. The van der Waals surface area contributed by atoms with Crippen molar-refractivity contribution in [2.45, 2.75) is 12.8 Å². The highest BCUT2D eigenvalue weighted by atomic mass is 16.2. The average molecular weight is 309 g/mol. The molecule has 23 heavy (non-hydrogen) atoms. The maximum Gasteiger partial charge on any atom is 0.270 e. The molecule has 0 aliphatic carbocycles. The van der Waals surface area contributed by atoms with E-state index in [1.165, 1.54) is 0 Å². The van der Waals surface area contributed by atoms with Crippen molar-refractivity contribution in [1.82, 2.24) is 14.8 Å². The van der Waals surface area contributed by atoms with Crippen molar-refractivity contribution >= 4 is 22.7 Å². The summed E-state index contributed by atoms with van der Waals surface area (Å²) < 4.78 is 0. The summed E-state index contributed by atoms with van der Waals surface area (Å²) in [6, 6.07) is 9.69. The van der Waals surface area contributed by atoms with Crippen molar-refractivity contribution in [2.24, 2.45) is 0 Å². The zero-order valence-electron chi connectivity index (χ0n) is 12.9. The molecule has 118 valence electrons. The summed E-state index contributed by atoms with van der Waals surface area (Å²) in [7, 11) is 0. The summed E-state index contributed by atoms with van der Waals surface area (Å²) in [5.74, 6) is 2.54. The number of para-hydroxylation sites is 1. The van der Waals surface area contributed by atoms with Crippen molar-refractivity contribution < 1.29 is 9.59 Å². The molecule has 2 heterocycles. The van der Waals surface area contributed by atoms with E-state index >= 15 is 0 Å². The topological polar surface area (TPSA) is 56.4 Å². The fraction of sp³-hybridized carbons (Fsp3) is 0.333. The Morgan fingerprint density at radius 2 is 1.83 bits per heavy atom. The Morgan fingerprint density at radius 1 is 1.13 bits per heavy atom. The number of aromatic amines is 1. The fourth-order valence-electron chi connectivity index (χ4n) is 2.86. The highest BCUT2D eigenvalue weighted by Crippen LogP contribution is 2.17.